The second kappa shape index (κ2) is 5.84. The standard InChI is InChI=1S/C10H19F3N2O/c11-10(12,13)7-15(4-5-16)6-8-2-1-3-9(8)14/h8-9,16H,1-7,14H2. The van der Waals surface area contributed by atoms with Crippen molar-refractivity contribution in [3.8, 4) is 0 Å². The molecule has 0 aromatic carbocycles. The summed E-state index contributed by atoms with van der Waals surface area (Å²) >= 11 is 0. The van der Waals surface area contributed by atoms with E-state index in [4.69, 9.17) is 10.8 Å². The average Bonchev–Trinajstić information content (AvgIpc) is 2.49. The van der Waals surface area contributed by atoms with Crippen LogP contribution in [0.15, 0.2) is 0 Å². The Hall–Kier alpha value is -0.330. The van der Waals surface area contributed by atoms with Crippen LogP contribution in [0.25, 0.3) is 0 Å². The Morgan fingerprint density at radius 1 is 1.31 bits per heavy atom. The molecule has 2 atom stereocenters. The van der Waals surface area contributed by atoms with Gasteiger partial charge < -0.3 is 10.8 Å². The summed E-state index contributed by atoms with van der Waals surface area (Å²) in [7, 11) is 0. The zero-order chi connectivity index (χ0) is 12.2. The van der Waals surface area contributed by atoms with E-state index in [-0.39, 0.29) is 25.1 Å². The van der Waals surface area contributed by atoms with Crippen molar-refractivity contribution in [1.82, 2.24) is 4.90 Å². The summed E-state index contributed by atoms with van der Waals surface area (Å²) in [6.45, 7) is -0.821. The molecule has 3 N–H and O–H groups in total. The molecule has 0 aromatic rings. The highest BCUT2D eigenvalue weighted by Crippen LogP contribution is 2.26. The molecule has 0 amide bonds. The first-order chi connectivity index (χ1) is 7.42. The summed E-state index contributed by atoms with van der Waals surface area (Å²) in [6.07, 6.45) is -1.44. The van der Waals surface area contributed by atoms with Crippen molar-refractivity contribution in [1.29, 1.82) is 0 Å². The second-order valence-electron chi connectivity index (χ2n) is 4.43. The molecular formula is C10H19F3N2O. The van der Waals surface area contributed by atoms with Crippen molar-refractivity contribution in [2.75, 3.05) is 26.2 Å². The zero-order valence-corrected chi connectivity index (χ0v) is 9.21. The molecule has 1 aliphatic rings. The highest BCUT2D eigenvalue weighted by Gasteiger charge is 2.33. The highest BCUT2D eigenvalue weighted by molar-refractivity contribution is 4.83. The van der Waals surface area contributed by atoms with E-state index in [2.05, 4.69) is 0 Å². The van der Waals surface area contributed by atoms with Crippen molar-refractivity contribution < 1.29 is 18.3 Å². The van der Waals surface area contributed by atoms with Crippen LogP contribution in [0.4, 0.5) is 13.2 Å². The number of aliphatic hydroxyl groups is 1. The minimum absolute atomic E-state index is 0.00873. The van der Waals surface area contributed by atoms with Gasteiger partial charge in [-0.15, -0.1) is 0 Å². The summed E-state index contributed by atoms with van der Waals surface area (Å²) in [5, 5.41) is 8.73. The maximum absolute atomic E-state index is 12.2. The topological polar surface area (TPSA) is 49.5 Å². The Morgan fingerprint density at radius 3 is 2.44 bits per heavy atom. The maximum atomic E-state index is 12.2. The number of alkyl halides is 3. The van der Waals surface area contributed by atoms with Crippen molar-refractivity contribution >= 4 is 0 Å². The molecule has 1 fully saturated rings. The van der Waals surface area contributed by atoms with Gasteiger partial charge in [0.05, 0.1) is 13.2 Å². The van der Waals surface area contributed by atoms with Crippen LogP contribution in [0.3, 0.4) is 0 Å². The third-order valence-electron chi connectivity index (χ3n) is 3.03. The number of aliphatic hydroxyl groups excluding tert-OH is 1. The van der Waals surface area contributed by atoms with Crippen molar-refractivity contribution in [2.24, 2.45) is 11.7 Å². The number of hydrogen-bond donors (Lipinski definition) is 2. The predicted octanol–water partition coefficient (Wildman–Crippen LogP) is 0.970. The molecule has 0 aromatic heterocycles. The monoisotopic (exact) mass is 240 g/mol. The van der Waals surface area contributed by atoms with Crippen LogP contribution >= 0.6 is 0 Å². The zero-order valence-electron chi connectivity index (χ0n) is 9.21. The minimum atomic E-state index is -4.21. The van der Waals surface area contributed by atoms with E-state index in [1.807, 2.05) is 0 Å². The second-order valence-corrected chi connectivity index (χ2v) is 4.43. The molecule has 3 nitrogen and oxygen atoms in total. The van der Waals surface area contributed by atoms with E-state index in [1.165, 1.54) is 4.90 Å². The summed E-state index contributed by atoms with van der Waals surface area (Å²) in [4.78, 5) is 1.25. The van der Waals surface area contributed by atoms with Crippen LogP contribution in [-0.2, 0) is 0 Å². The molecule has 0 heterocycles. The summed E-state index contributed by atoms with van der Waals surface area (Å²) in [5.74, 6) is 0.133. The SMILES string of the molecule is NC1CCCC1CN(CCO)CC(F)(F)F. The third-order valence-corrected chi connectivity index (χ3v) is 3.03. The fourth-order valence-corrected chi connectivity index (χ4v) is 2.25. The average molecular weight is 240 g/mol. The van der Waals surface area contributed by atoms with E-state index >= 15 is 0 Å². The lowest BCUT2D eigenvalue weighted by Gasteiger charge is -2.27. The molecule has 0 bridgehead atoms. The van der Waals surface area contributed by atoms with E-state index in [1.54, 1.807) is 0 Å². The molecule has 0 aliphatic heterocycles. The lowest BCUT2D eigenvalue weighted by molar-refractivity contribution is -0.148. The first-order valence-corrected chi connectivity index (χ1v) is 5.58. The number of nitrogens with zero attached hydrogens (tertiary/aromatic N) is 1. The predicted molar refractivity (Wildman–Crippen MR) is 54.9 cm³/mol. The van der Waals surface area contributed by atoms with Gasteiger partial charge in [0.25, 0.3) is 0 Å². The van der Waals surface area contributed by atoms with E-state index in [0.29, 0.717) is 6.54 Å². The Kier molecular flexibility index (Phi) is 5.01. The quantitative estimate of drug-likeness (QED) is 0.753. The molecule has 1 rings (SSSR count). The number of halogens is 3. The van der Waals surface area contributed by atoms with Crippen molar-refractivity contribution in [3.05, 3.63) is 0 Å². The molecule has 0 saturated heterocycles. The molecular weight excluding hydrogens is 221 g/mol. The summed E-state index contributed by atoms with van der Waals surface area (Å²) in [6, 6.07) is 0.00873. The number of rotatable bonds is 5. The molecule has 16 heavy (non-hydrogen) atoms. The van der Waals surface area contributed by atoms with Gasteiger partial charge in [-0.05, 0) is 18.8 Å². The molecule has 0 radical (unpaired) electrons. The number of nitrogens with two attached hydrogens (primary N) is 1. The highest BCUT2D eigenvalue weighted by atomic mass is 19.4. The van der Waals surface area contributed by atoms with Gasteiger partial charge in [-0.3, -0.25) is 4.90 Å². The van der Waals surface area contributed by atoms with Crippen LogP contribution in [0.5, 0.6) is 0 Å². The summed E-state index contributed by atoms with van der Waals surface area (Å²) < 4.78 is 36.7. The van der Waals surface area contributed by atoms with Crippen LogP contribution < -0.4 is 5.73 Å². The normalized spacial score (nSPS) is 26.6. The van der Waals surface area contributed by atoms with Crippen molar-refractivity contribution in [3.63, 3.8) is 0 Å². The van der Waals surface area contributed by atoms with Gasteiger partial charge in [0.15, 0.2) is 0 Å². The van der Waals surface area contributed by atoms with Crippen molar-refractivity contribution in [2.45, 2.75) is 31.5 Å². The maximum Gasteiger partial charge on any atom is 0.401 e. The Bertz CT molecular complexity index is 211. The van der Waals surface area contributed by atoms with Crippen LogP contribution in [0.2, 0.25) is 0 Å². The number of hydrogen-bond acceptors (Lipinski definition) is 3. The molecule has 1 aliphatic carbocycles. The van der Waals surface area contributed by atoms with Gasteiger partial charge >= 0.3 is 6.18 Å². The molecule has 96 valence electrons. The van der Waals surface area contributed by atoms with Gasteiger partial charge in [0, 0.05) is 19.1 Å². The first kappa shape index (κ1) is 13.7. The summed E-state index contributed by atoms with van der Waals surface area (Å²) in [5.41, 5.74) is 5.82. The molecule has 2 unspecified atom stereocenters. The lowest BCUT2D eigenvalue weighted by Crippen LogP contribution is -2.42. The fourth-order valence-electron chi connectivity index (χ4n) is 2.25. The Labute approximate surface area is 93.4 Å². The van der Waals surface area contributed by atoms with Gasteiger partial charge in [-0.1, -0.05) is 6.42 Å². The first-order valence-electron chi connectivity index (χ1n) is 5.58. The largest absolute Gasteiger partial charge is 0.401 e. The smallest absolute Gasteiger partial charge is 0.395 e. The van der Waals surface area contributed by atoms with E-state index < -0.39 is 12.7 Å². The van der Waals surface area contributed by atoms with Gasteiger partial charge in [0.1, 0.15) is 0 Å². The van der Waals surface area contributed by atoms with Crippen LogP contribution in [0, 0.1) is 5.92 Å². The van der Waals surface area contributed by atoms with Gasteiger partial charge in [-0.2, -0.15) is 13.2 Å². The third kappa shape index (κ3) is 4.67. The molecule has 1 saturated carbocycles. The van der Waals surface area contributed by atoms with Crippen LogP contribution in [0.1, 0.15) is 19.3 Å². The van der Waals surface area contributed by atoms with Gasteiger partial charge in [-0.25, -0.2) is 0 Å². The molecule has 0 spiro atoms. The van der Waals surface area contributed by atoms with Crippen LogP contribution in [-0.4, -0.2) is 48.5 Å². The van der Waals surface area contributed by atoms with E-state index in [0.717, 1.165) is 19.3 Å². The lowest BCUT2D eigenvalue weighted by atomic mass is 10.0. The van der Waals surface area contributed by atoms with Gasteiger partial charge in [0.2, 0.25) is 0 Å². The molecule has 6 heteroatoms. The minimum Gasteiger partial charge on any atom is -0.395 e. The Balaban J connectivity index is 2.43. The van der Waals surface area contributed by atoms with E-state index in [9.17, 15) is 13.2 Å². The Morgan fingerprint density at radius 2 is 2.00 bits per heavy atom. The fraction of sp³-hybridized carbons (Fsp3) is 1.00.